The third kappa shape index (κ3) is 7.09. The summed E-state index contributed by atoms with van der Waals surface area (Å²) >= 11 is 0. The summed E-state index contributed by atoms with van der Waals surface area (Å²) in [7, 11) is 2.62. The molecule has 0 radical (unpaired) electrons. The van der Waals surface area contributed by atoms with E-state index in [9.17, 15) is 24.5 Å². The minimum absolute atomic E-state index is 0.0115. The smallest absolute Gasteiger partial charge is 0.408 e. The maximum atomic E-state index is 13.3. The molecule has 0 unspecified atom stereocenters. The van der Waals surface area contributed by atoms with Gasteiger partial charge in [0.05, 0.1) is 19.1 Å². The molecule has 2 atom stereocenters. The molecule has 198 valence electrons. The Morgan fingerprint density at radius 1 is 1.08 bits per heavy atom. The zero-order valence-electron chi connectivity index (χ0n) is 21.2. The molecule has 2 aliphatic rings. The Morgan fingerprint density at radius 3 is 2.38 bits per heavy atom. The van der Waals surface area contributed by atoms with E-state index in [0.717, 1.165) is 0 Å². The maximum absolute atomic E-state index is 13.3. The number of benzene rings is 2. The molecule has 0 aliphatic carbocycles. The molecular weight excluding hydrogens is 486 g/mol. The topological polar surface area (TPSA) is 155 Å². The van der Waals surface area contributed by atoms with Gasteiger partial charge in [-0.05, 0) is 50.1 Å². The zero-order chi connectivity index (χ0) is 27.3. The summed E-state index contributed by atoms with van der Waals surface area (Å²) in [5.41, 5.74) is -0.256. The van der Waals surface area contributed by atoms with Crippen LogP contribution in [-0.4, -0.2) is 54.8 Å². The Labute approximate surface area is 213 Å². The number of carbonyl (C=O) groups excluding carboxylic acids is 3. The van der Waals surface area contributed by atoms with Crippen LogP contribution in [0, 0.1) is 10.1 Å². The fourth-order valence-corrected chi connectivity index (χ4v) is 3.70. The summed E-state index contributed by atoms with van der Waals surface area (Å²) in [5.74, 6) is -0.947. The number of rotatable bonds is 4. The number of nitrogens with zero attached hydrogens (tertiary/aromatic N) is 1. The summed E-state index contributed by atoms with van der Waals surface area (Å²) < 4.78 is 21.3. The number of methoxy groups -OCH3 is 2. The number of alkyl carbamates (subject to hydrolysis) is 1. The van der Waals surface area contributed by atoms with Gasteiger partial charge >= 0.3 is 17.7 Å². The largest absolute Gasteiger partial charge is 0.493 e. The number of esters is 1. The van der Waals surface area contributed by atoms with Crippen LogP contribution in [0.15, 0.2) is 36.4 Å². The minimum atomic E-state index is -1.22. The first-order valence-electron chi connectivity index (χ1n) is 11.4. The van der Waals surface area contributed by atoms with Crippen molar-refractivity contribution >= 4 is 23.7 Å². The lowest BCUT2D eigenvalue weighted by atomic mass is 10.0. The molecular formula is C25H29N3O9. The van der Waals surface area contributed by atoms with E-state index in [4.69, 9.17) is 18.9 Å². The second-order valence-corrected chi connectivity index (χ2v) is 9.34. The first-order valence-corrected chi connectivity index (χ1v) is 11.4. The number of nitro benzene ring substituents is 1. The van der Waals surface area contributed by atoms with Gasteiger partial charge < -0.3 is 29.6 Å². The van der Waals surface area contributed by atoms with Gasteiger partial charge in [0.25, 0.3) is 0 Å². The molecule has 2 heterocycles. The predicted octanol–water partition coefficient (Wildman–Crippen LogP) is 3.05. The first kappa shape index (κ1) is 27.2. The number of nitrogens with one attached hydrogen (secondary N) is 2. The highest BCUT2D eigenvalue weighted by molar-refractivity contribution is 5.90. The van der Waals surface area contributed by atoms with E-state index in [-0.39, 0.29) is 30.0 Å². The summed E-state index contributed by atoms with van der Waals surface area (Å²) in [6.07, 6.45) is -0.982. The van der Waals surface area contributed by atoms with Gasteiger partial charge in [-0.3, -0.25) is 14.9 Å². The third-order valence-electron chi connectivity index (χ3n) is 5.36. The van der Waals surface area contributed by atoms with Gasteiger partial charge in [0.2, 0.25) is 11.7 Å². The van der Waals surface area contributed by atoms with Crippen LogP contribution in [0.5, 0.6) is 17.2 Å². The van der Waals surface area contributed by atoms with Crippen molar-refractivity contribution in [3.63, 3.8) is 0 Å². The second kappa shape index (κ2) is 11.1. The highest BCUT2D eigenvalue weighted by atomic mass is 16.6. The molecule has 4 bridgehead atoms. The lowest BCUT2D eigenvalue weighted by Crippen LogP contribution is -2.54. The van der Waals surface area contributed by atoms with Crippen molar-refractivity contribution in [2.24, 2.45) is 0 Å². The molecule has 2 amide bonds. The van der Waals surface area contributed by atoms with E-state index in [1.54, 1.807) is 45.0 Å². The highest BCUT2D eigenvalue weighted by Gasteiger charge is 2.31. The van der Waals surface area contributed by atoms with Crippen LogP contribution in [0.4, 0.5) is 10.5 Å². The number of hydrogen-bond donors (Lipinski definition) is 2. The van der Waals surface area contributed by atoms with Crippen LogP contribution >= 0.6 is 0 Å². The van der Waals surface area contributed by atoms with Crippen molar-refractivity contribution in [3.8, 4) is 17.2 Å². The number of ether oxygens (including phenoxy) is 4. The van der Waals surface area contributed by atoms with E-state index in [2.05, 4.69) is 10.6 Å². The molecule has 0 saturated heterocycles. The average molecular weight is 516 g/mol. The van der Waals surface area contributed by atoms with E-state index in [0.29, 0.717) is 16.9 Å². The van der Waals surface area contributed by atoms with E-state index < -0.39 is 40.6 Å². The van der Waals surface area contributed by atoms with Gasteiger partial charge in [0.1, 0.15) is 17.7 Å². The Balaban J connectivity index is 2.10. The summed E-state index contributed by atoms with van der Waals surface area (Å²) in [5, 5.41) is 16.9. The quantitative estimate of drug-likeness (QED) is 0.355. The second-order valence-electron chi connectivity index (χ2n) is 9.34. The predicted molar refractivity (Wildman–Crippen MR) is 131 cm³/mol. The van der Waals surface area contributed by atoms with Crippen LogP contribution in [0.2, 0.25) is 0 Å². The third-order valence-corrected chi connectivity index (χ3v) is 5.36. The fourth-order valence-electron chi connectivity index (χ4n) is 3.70. The summed E-state index contributed by atoms with van der Waals surface area (Å²) in [6, 6.07) is 6.69. The van der Waals surface area contributed by atoms with Crippen molar-refractivity contribution < 1.29 is 38.3 Å². The van der Waals surface area contributed by atoms with Crippen molar-refractivity contribution in [1.29, 1.82) is 0 Å². The maximum Gasteiger partial charge on any atom is 0.408 e. The fraction of sp³-hybridized carbons (Fsp3) is 0.400. The number of carbonyl (C=O) groups is 3. The number of hydrogen-bond acceptors (Lipinski definition) is 9. The molecule has 37 heavy (non-hydrogen) atoms. The van der Waals surface area contributed by atoms with Crippen molar-refractivity contribution in [2.45, 2.75) is 51.3 Å². The molecule has 12 nitrogen and oxygen atoms in total. The van der Waals surface area contributed by atoms with Gasteiger partial charge in [0.15, 0.2) is 11.5 Å². The van der Waals surface area contributed by atoms with Crippen molar-refractivity contribution in [1.82, 2.24) is 10.6 Å². The Morgan fingerprint density at radius 2 is 1.76 bits per heavy atom. The molecule has 0 spiro atoms. The Hall–Kier alpha value is -4.35. The lowest BCUT2D eigenvalue weighted by Gasteiger charge is -2.25. The summed E-state index contributed by atoms with van der Waals surface area (Å²) in [6.45, 7) is 5.00. The molecule has 4 rings (SSSR count). The van der Waals surface area contributed by atoms with Crippen LogP contribution in [0.3, 0.4) is 0 Å². The van der Waals surface area contributed by atoms with Crippen LogP contribution in [-0.2, 0) is 31.9 Å². The minimum Gasteiger partial charge on any atom is -0.493 e. The molecule has 2 N–H and O–H groups in total. The SMILES string of the molecule is COC(=O)[C@@H]1Cc2ccc(OC)c(c2)Oc2ccc(cc2[N+](=O)[O-])C[C@@H](NC(=O)OC(C)(C)C)C(=O)N1. The molecule has 2 aromatic carbocycles. The Kier molecular flexibility index (Phi) is 8.21. The first-order chi connectivity index (χ1) is 17.4. The van der Waals surface area contributed by atoms with Gasteiger partial charge in [-0.1, -0.05) is 12.1 Å². The van der Waals surface area contributed by atoms with E-state index in [1.165, 1.54) is 26.4 Å². The van der Waals surface area contributed by atoms with Gasteiger partial charge in [-0.25, -0.2) is 9.59 Å². The van der Waals surface area contributed by atoms with Crippen molar-refractivity contribution in [2.75, 3.05) is 14.2 Å². The lowest BCUT2D eigenvalue weighted by molar-refractivity contribution is -0.385. The van der Waals surface area contributed by atoms with E-state index in [1.807, 2.05) is 0 Å². The van der Waals surface area contributed by atoms with Crippen LogP contribution in [0.1, 0.15) is 31.9 Å². The molecule has 0 saturated carbocycles. The zero-order valence-corrected chi connectivity index (χ0v) is 21.2. The molecule has 0 fully saturated rings. The number of amides is 2. The van der Waals surface area contributed by atoms with Gasteiger partial charge in [-0.15, -0.1) is 0 Å². The van der Waals surface area contributed by atoms with Crippen molar-refractivity contribution in [3.05, 3.63) is 57.6 Å². The number of nitro groups is 1. The van der Waals surface area contributed by atoms with Gasteiger partial charge in [0, 0.05) is 18.9 Å². The Bertz CT molecular complexity index is 1210. The van der Waals surface area contributed by atoms with E-state index >= 15 is 0 Å². The number of fused-ring (bicyclic) bond motifs is 7. The molecule has 0 aromatic heterocycles. The standard InChI is InChI=1S/C25H29N3O9/c1-25(2,3)37-24(31)27-16-10-14-6-8-19(18(12-14)28(32)33)36-21-13-15(7-9-20(21)34-4)11-17(23(30)35-5)26-22(16)29/h6-9,12-13,16-17H,10-11H2,1-5H3,(H,26,29)(H,27,31)/t16-,17+/m1/s1. The monoisotopic (exact) mass is 515 g/mol. The van der Waals surface area contributed by atoms with Crippen LogP contribution in [0.25, 0.3) is 0 Å². The molecule has 2 aromatic rings. The average Bonchev–Trinajstić information content (AvgIpc) is 2.82. The molecule has 2 aliphatic heterocycles. The van der Waals surface area contributed by atoms with Gasteiger partial charge in [-0.2, -0.15) is 0 Å². The highest BCUT2D eigenvalue weighted by Crippen LogP contribution is 2.38. The van der Waals surface area contributed by atoms with Crippen LogP contribution < -0.4 is 20.1 Å². The summed E-state index contributed by atoms with van der Waals surface area (Å²) in [4.78, 5) is 49.5. The molecule has 12 heteroatoms. The normalized spacial score (nSPS) is 17.5.